The van der Waals surface area contributed by atoms with E-state index in [1.54, 1.807) is 6.07 Å². The second-order valence-corrected chi connectivity index (χ2v) is 9.27. The molecule has 2 aliphatic rings. The van der Waals surface area contributed by atoms with Crippen LogP contribution in [-0.4, -0.2) is 45.1 Å². The number of rotatable bonds is 5. The van der Waals surface area contributed by atoms with Crippen LogP contribution in [0.15, 0.2) is 47.3 Å². The molecule has 2 bridgehead atoms. The molecule has 0 radical (unpaired) electrons. The van der Waals surface area contributed by atoms with Gasteiger partial charge in [0.1, 0.15) is 10.1 Å². The number of piperidine rings is 1. The first-order valence-electron chi connectivity index (χ1n) is 10.2. The summed E-state index contributed by atoms with van der Waals surface area (Å²) in [5.41, 5.74) is 1.92. The monoisotopic (exact) mass is 443 g/mol. The van der Waals surface area contributed by atoms with Crippen molar-refractivity contribution in [2.45, 2.75) is 25.8 Å². The molecule has 158 valence electrons. The topological polar surface area (TPSA) is 63.6 Å². The van der Waals surface area contributed by atoms with E-state index in [9.17, 15) is 9.59 Å². The largest absolute Gasteiger partial charge is 0.494 e. The first-order chi connectivity index (χ1) is 14.5. The Morgan fingerprint density at radius 1 is 1.20 bits per heavy atom. The van der Waals surface area contributed by atoms with Crippen molar-refractivity contribution in [3.05, 3.63) is 58.5 Å². The lowest BCUT2D eigenvalue weighted by atomic mass is 9.83. The number of carbonyl (C=O) groups is 1. The second-order valence-electron chi connectivity index (χ2n) is 7.66. The third-order valence-corrected chi connectivity index (χ3v) is 7.04. The van der Waals surface area contributed by atoms with Crippen molar-refractivity contribution in [3.8, 4) is 5.75 Å². The van der Waals surface area contributed by atoms with E-state index in [2.05, 4.69) is 10.2 Å². The lowest BCUT2D eigenvalue weighted by Gasteiger charge is -2.43. The van der Waals surface area contributed by atoms with Crippen LogP contribution in [0.3, 0.4) is 0 Å². The van der Waals surface area contributed by atoms with Gasteiger partial charge in [0, 0.05) is 43.0 Å². The highest BCUT2D eigenvalue weighted by atomic mass is 32.2. The fourth-order valence-corrected chi connectivity index (χ4v) is 5.25. The van der Waals surface area contributed by atoms with Gasteiger partial charge in [0.15, 0.2) is 0 Å². The number of carbonyl (C=O) groups excluding carboxylic acids is 1. The highest BCUT2D eigenvalue weighted by Crippen LogP contribution is 2.36. The molecule has 0 unspecified atom stereocenters. The van der Waals surface area contributed by atoms with Crippen molar-refractivity contribution >= 4 is 39.9 Å². The summed E-state index contributed by atoms with van der Waals surface area (Å²) in [4.78, 5) is 26.7. The third kappa shape index (κ3) is 4.70. The van der Waals surface area contributed by atoms with Crippen molar-refractivity contribution in [3.63, 3.8) is 0 Å². The fraction of sp³-hybridized carbons (Fsp3) is 0.409. The van der Waals surface area contributed by atoms with E-state index in [0.717, 1.165) is 47.5 Å². The molecule has 1 saturated heterocycles. The van der Waals surface area contributed by atoms with Crippen molar-refractivity contribution in [1.29, 1.82) is 0 Å². The standard InChI is InChI=1S/C22H25N3O3S2/c1-2-28-18-8-6-17(7-9-18)23-20(26)14-30-22(29)24-11-15-10-16(13-24)19-4-3-5-21(27)25(19)12-15/h3-9,15-16H,2,10-14H2,1H3,(H,23,26)/t15-,16-/m1/s1. The summed E-state index contributed by atoms with van der Waals surface area (Å²) in [6, 6.07) is 12.9. The number of hydrogen-bond donors (Lipinski definition) is 1. The molecule has 4 rings (SSSR count). The first-order valence-corrected chi connectivity index (χ1v) is 11.6. The van der Waals surface area contributed by atoms with E-state index in [4.69, 9.17) is 17.0 Å². The number of amides is 1. The fourth-order valence-electron chi connectivity index (χ4n) is 4.26. The molecule has 2 atom stereocenters. The van der Waals surface area contributed by atoms with Gasteiger partial charge < -0.3 is 19.5 Å². The van der Waals surface area contributed by atoms with Crippen LogP contribution in [0.25, 0.3) is 0 Å². The predicted octanol–water partition coefficient (Wildman–Crippen LogP) is 3.32. The van der Waals surface area contributed by atoms with Gasteiger partial charge in [-0.05, 0) is 49.6 Å². The number of fused-ring (bicyclic) bond motifs is 4. The van der Waals surface area contributed by atoms with Crippen LogP contribution in [0.4, 0.5) is 5.69 Å². The van der Waals surface area contributed by atoms with Crippen LogP contribution in [0, 0.1) is 5.92 Å². The number of aromatic nitrogens is 1. The van der Waals surface area contributed by atoms with Gasteiger partial charge in [0.05, 0.1) is 12.4 Å². The molecule has 1 N–H and O–H groups in total. The number of hydrogen-bond acceptors (Lipinski definition) is 5. The Morgan fingerprint density at radius 2 is 2.00 bits per heavy atom. The molecule has 1 amide bonds. The Balaban J connectivity index is 1.30. The second kappa shape index (κ2) is 9.22. The van der Waals surface area contributed by atoms with Crippen molar-refractivity contribution in [2.75, 3.05) is 30.8 Å². The number of pyridine rings is 1. The highest BCUT2D eigenvalue weighted by molar-refractivity contribution is 8.23. The van der Waals surface area contributed by atoms with Crippen molar-refractivity contribution in [1.82, 2.24) is 9.47 Å². The van der Waals surface area contributed by atoms with E-state index in [1.807, 2.05) is 47.9 Å². The minimum Gasteiger partial charge on any atom is -0.494 e. The average Bonchev–Trinajstić information content (AvgIpc) is 2.74. The molecule has 0 aliphatic carbocycles. The van der Waals surface area contributed by atoms with E-state index >= 15 is 0 Å². The molecule has 1 fully saturated rings. The first kappa shape index (κ1) is 20.9. The predicted molar refractivity (Wildman–Crippen MR) is 124 cm³/mol. The van der Waals surface area contributed by atoms with Gasteiger partial charge in [-0.3, -0.25) is 9.59 Å². The maximum Gasteiger partial charge on any atom is 0.250 e. The minimum atomic E-state index is -0.0828. The third-order valence-electron chi connectivity index (χ3n) is 5.51. The number of thiocarbonyl (C=S) groups is 1. The lowest BCUT2D eigenvalue weighted by Crippen LogP contribution is -2.48. The maximum absolute atomic E-state index is 12.3. The molecule has 2 aliphatic heterocycles. The van der Waals surface area contributed by atoms with Crippen LogP contribution in [0.1, 0.15) is 25.0 Å². The lowest BCUT2D eigenvalue weighted by molar-refractivity contribution is -0.113. The summed E-state index contributed by atoms with van der Waals surface area (Å²) in [6.45, 7) is 4.92. The summed E-state index contributed by atoms with van der Waals surface area (Å²) in [5.74, 6) is 1.69. The van der Waals surface area contributed by atoms with Gasteiger partial charge in [-0.1, -0.05) is 30.0 Å². The molecule has 8 heteroatoms. The average molecular weight is 444 g/mol. The normalized spacial score (nSPS) is 19.7. The quantitative estimate of drug-likeness (QED) is 0.716. The smallest absolute Gasteiger partial charge is 0.250 e. The van der Waals surface area contributed by atoms with E-state index in [1.165, 1.54) is 11.8 Å². The van der Waals surface area contributed by atoms with E-state index in [-0.39, 0.29) is 17.2 Å². The summed E-state index contributed by atoms with van der Waals surface area (Å²) >= 11 is 7.03. The number of nitrogens with zero attached hydrogens (tertiary/aromatic N) is 2. The molecular weight excluding hydrogens is 418 g/mol. The molecule has 6 nitrogen and oxygen atoms in total. The molecule has 3 heterocycles. The zero-order valence-electron chi connectivity index (χ0n) is 16.9. The highest BCUT2D eigenvalue weighted by Gasteiger charge is 2.35. The van der Waals surface area contributed by atoms with Gasteiger partial charge in [0.2, 0.25) is 5.91 Å². The molecule has 30 heavy (non-hydrogen) atoms. The Kier molecular flexibility index (Phi) is 6.43. The molecule has 1 aromatic heterocycles. The van der Waals surface area contributed by atoms with Crippen LogP contribution < -0.4 is 15.6 Å². The summed E-state index contributed by atoms with van der Waals surface area (Å²) in [7, 11) is 0. The van der Waals surface area contributed by atoms with Crippen LogP contribution >= 0.6 is 24.0 Å². The zero-order valence-corrected chi connectivity index (χ0v) is 18.5. The number of anilines is 1. The van der Waals surface area contributed by atoms with E-state index < -0.39 is 0 Å². The Bertz CT molecular complexity index is 990. The molecule has 0 spiro atoms. The number of thioether (sulfide) groups is 1. The van der Waals surface area contributed by atoms with Crippen LogP contribution in [0.2, 0.25) is 0 Å². The number of benzene rings is 1. The number of likely N-dealkylation sites (tertiary alicyclic amines) is 1. The minimum absolute atomic E-state index is 0.0820. The Morgan fingerprint density at radius 3 is 2.77 bits per heavy atom. The van der Waals surface area contributed by atoms with Gasteiger partial charge in [-0.25, -0.2) is 0 Å². The van der Waals surface area contributed by atoms with Crippen LogP contribution in [0.5, 0.6) is 5.75 Å². The van der Waals surface area contributed by atoms with Crippen molar-refractivity contribution < 1.29 is 9.53 Å². The summed E-state index contributed by atoms with van der Waals surface area (Å²) in [5, 5.41) is 2.90. The van der Waals surface area contributed by atoms with Crippen molar-refractivity contribution in [2.24, 2.45) is 5.92 Å². The Labute approximate surface area is 185 Å². The molecule has 0 saturated carbocycles. The SMILES string of the molecule is CCOc1ccc(NC(=O)CSC(=S)N2C[C@H]3C[C@H](C2)c2cccc(=O)n2C3)cc1. The van der Waals surface area contributed by atoms with Gasteiger partial charge in [0.25, 0.3) is 5.56 Å². The molecular formula is C22H25N3O3S2. The Hall–Kier alpha value is -2.32. The maximum atomic E-state index is 12.3. The molecule has 2 aromatic rings. The molecule has 1 aromatic carbocycles. The summed E-state index contributed by atoms with van der Waals surface area (Å²) in [6.07, 6.45) is 1.09. The zero-order chi connectivity index (χ0) is 21.1. The summed E-state index contributed by atoms with van der Waals surface area (Å²) < 4.78 is 8.08. The van der Waals surface area contributed by atoms with Crippen LogP contribution in [-0.2, 0) is 11.3 Å². The van der Waals surface area contributed by atoms with Gasteiger partial charge in [-0.15, -0.1) is 0 Å². The number of nitrogens with one attached hydrogen (secondary N) is 1. The van der Waals surface area contributed by atoms with Gasteiger partial charge in [-0.2, -0.15) is 0 Å². The van der Waals surface area contributed by atoms with Gasteiger partial charge >= 0.3 is 0 Å². The number of ether oxygens (including phenoxy) is 1. The van der Waals surface area contributed by atoms with E-state index in [0.29, 0.717) is 18.4 Å².